The minimum absolute atomic E-state index is 0.357. The van der Waals surface area contributed by atoms with Crippen molar-refractivity contribution in [1.82, 2.24) is 19.7 Å². The summed E-state index contributed by atoms with van der Waals surface area (Å²) in [6.07, 6.45) is 0. The van der Waals surface area contributed by atoms with Crippen molar-refractivity contribution in [3.05, 3.63) is 0 Å². The Morgan fingerprint density at radius 2 is 2.00 bits per heavy atom. The molecule has 102 valence electrons. The molecule has 3 rings (SSSR count). The monoisotopic (exact) mass is 282 g/mol. The van der Waals surface area contributed by atoms with Crippen LogP contribution < -0.4 is 15.2 Å². The van der Waals surface area contributed by atoms with Crippen LogP contribution in [0.3, 0.4) is 0 Å². The molecule has 0 amide bonds. The summed E-state index contributed by atoms with van der Waals surface area (Å²) in [5, 5.41) is 4.25. The van der Waals surface area contributed by atoms with Crippen molar-refractivity contribution in [1.29, 1.82) is 0 Å². The molecule has 1 saturated heterocycles. The molecule has 2 N–H and O–H groups in total. The third kappa shape index (κ3) is 2.06. The van der Waals surface area contributed by atoms with Gasteiger partial charge < -0.3 is 19.9 Å². The van der Waals surface area contributed by atoms with Gasteiger partial charge in [0.1, 0.15) is 0 Å². The van der Waals surface area contributed by atoms with Gasteiger partial charge in [0.25, 0.3) is 0 Å². The van der Waals surface area contributed by atoms with Crippen LogP contribution in [0.1, 0.15) is 0 Å². The number of anilines is 2. The Bertz CT molecular complexity index is 610. The lowest BCUT2D eigenvalue weighted by atomic mass is 10.4. The van der Waals surface area contributed by atoms with E-state index >= 15 is 0 Å². The molecule has 1 aliphatic heterocycles. The molecular weight excluding hydrogens is 267 g/mol. The number of rotatable bonds is 2. The van der Waals surface area contributed by atoms with Gasteiger partial charge in [-0.3, -0.25) is 0 Å². The lowest BCUT2D eigenvalue weighted by Gasteiger charge is -2.26. The van der Waals surface area contributed by atoms with E-state index in [1.54, 1.807) is 11.7 Å². The van der Waals surface area contributed by atoms with Gasteiger partial charge in [0.2, 0.25) is 11.8 Å². The molecule has 9 heteroatoms. The molecule has 0 radical (unpaired) electrons. The van der Waals surface area contributed by atoms with E-state index in [-0.39, 0.29) is 0 Å². The first kappa shape index (κ1) is 12.4. The van der Waals surface area contributed by atoms with Crippen LogP contribution in [0.25, 0.3) is 11.0 Å². The van der Waals surface area contributed by atoms with Gasteiger partial charge in [-0.15, -0.1) is 0 Å². The first-order chi connectivity index (χ1) is 9.20. The minimum atomic E-state index is 0.357. The van der Waals surface area contributed by atoms with Crippen molar-refractivity contribution in [2.24, 2.45) is 7.05 Å². The van der Waals surface area contributed by atoms with Gasteiger partial charge in [-0.2, -0.15) is 10.1 Å². The van der Waals surface area contributed by atoms with Crippen molar-refractivity contribution >= 4 is 32.3 Å². The van der Waals surface area contributed by atoms with Crippen LogP contribution in [0, 0.1) is 0 Å². The molecule has 2 aromatic heterocycles. The zero-order chi connectivity index (χ0) is 13.4. The fourth-order valence-corrected chi connectivity index (χ4v) is 2.36. The van der Waals surface area contributed by atoms with E-state index in [9.17, 15) is 0 Å². The predicted octanol–water partition coefficient (Wildman–Crippen LogP) is -0.0490. The van der Waals surface area contributed by atoms with Gasteiger partial charge in [0.05, 0.1) is 22.7 Å². The number of morpholine rings is 1. The van der Waals surface area contributed by atoms with Gasteiger partial charge in [-0.1, -0.05) is 0 Å². The van der Waals surface area contributed by atoms with Crippen molar-refractivity contribution in [3.8, 4) is 5.88 Å². The van der Waals surface area contributed by atoms with Crippen molar-refractivity contribution in [2.75, 3.05) is 36.9 Å². The summed E-state index contributed by atoms with van der Waals surface area (Å²) in [6.45, 7) is 2.84. The maximum absolute atomic E-state index is 5.95. The third-order valence-electron chi connectivity index (χ3n) is 3.05. The van der Waals surface area contributed by atoms with Crippen LogP contribution in [-0.4, -0.2) is 46.1 Å². The molecule has 0 bridgehead atoms. The number of nitrogen functional groups attached to an aromatic ring is 1. The number of nitrogens with two attached hydrogens (primary N) is 1. The quantitative estimate of drug-likeness (QED) is 0.772. The Morgan fingerprint density at radius 1 is 1.26 bits per heavy atom. The standard InChI is InChI=1S/C10H15N6O2P/c1-15-9(18-19)7-6(14-15)8(11)13-10(12-7)16-2-4-17-5-3-16/h2-5,19H2,1H3,(H2,11,12,13). The molecule has 1 fully saturated rings. The second kappa shape index (κ2) is 4.79. The fourth-order valence-electron chi connectivity index (χ4n) is 2.09. The molecule has 3 heterocycles. The molecule has 8 nitrogen and oxygen atoms in total. The number of aromatic nitrogens is 4. The van der Waals surface area contributed by atoms with Gasteiger partial charge in [-0.05, 0) is 0 Å². The summed E-state index contributed by atoms with van der Waals surface area (Å²) >= 11 is 0. The fraction of sp³-hybridized carbons (Fsp3) is 0.500. The largest absolute Gasteiger partial charge is 0.462 e. The van der Waals surface area contributed by atoms with Crippen LogP contribution >= 0.6 is 9.47 Å². The normalized spacial score (nSPS) is 16.0. The van der Waals surface area contributed by atoms with E-state index in [0.29, 0.717) is 41.9 Å². The maximum atomic E-state index is 5.95. The Morgan fingerprint density at radius 3 is 2.68 bits per heavy atom. The molecule has 1 atom stereocenters. The van der Waals surface area contributed by atoms with Crippen molar-refractivity contribution < 1.29 is 9.26 Å². The molecule has 0 aromatic carbocycles. The van der Waals surface area contributed by atoms with Crippen LogP contribution in [0.5, 0.6) is 5.88 Å². The van der Waals surface area contributed by atoms with Crippen LogP contribution in [0.4, 0.5) is 11.8 Å². The first-order valence-electron chi connectivity index (χ1n) is 5.90. The lowest BCUT2D eigenvalue weighted by molar-refractivity contribution is 0.122. The van der Waals surface area contributed by atoms with Gasteiger partial charge >= 0.3 is 0 Å². The highest BCUT2D eigenvalue weighted by Gasteiger charge is 2.20. The lowest BCUT2D eigenvalue weighted by Crippen LogP contribution is -2.37. The zero-order valence-corrected chi connectivity index (χ0v) is 11.7. The number of aryl methyl sites for hydroxylation is 1. The summed E-state index contributed by atoms with van der Waals surface area (Å²) in [7, 11) is 3.97. The molecule has 1 unspecified atom stereocenters. The molecular formula is C10H15N6O2P. The van der Waals surface area contributed by atoms with Crippen molar-refractivity contribution in [3.63, 3.8) is 0 Å². The number of nitrogens with zero attached hydrogens (tertiary/aromatic N) is 5. The van der Waals surface area contributed by atoms with Gasteiger partial charge in [-0.25, -0.2) is 9.67 Å². The second-order valence-corrected chi connectivity index (χ2v) is 4.49. The molecule has 0 aliphatic carbocycles. The molecule has 0 saturated carbocycles. The van der Waals surface area contributed by atoms with E-state index in [0.717, 1.165) is 13.1 Å². The van der Waals surface area contributed by atoms with Crippen molar-refractivity contribution in [2.45, 2.75) is 0 Å². The van der Waals surface area contributed by atoms with Crippen LogP contribution in [0.2, 0.25) is 0 Å². The predicted molar refractivity (Wildman–Crippen MR) is 74.1 cm³/mol. The van der Waals surface area contributed by atoms with E-state index in [1.807, 2.05) is 4.90 Å². The Labute approximate surface area is 112 Å². The molecule has 19 heavy (non-hydrogen) atoms. The Kier molecular flexibility index (Phi) is 3.12. The summed E-state index contributed by atoms with van der Waals surface area (Å²) in [4.78, 5) is 10.9. The molecule has 0 spiro atoms. The highest BCUT2D eigenvalue weighted by atomic mass is 31.0. The first-order valence-corrected chi connectivity index (χ1v) is 6.37. The Balaban J connectivity index is 2.11. The number of hydrogen-bond acceptors (Lipinski definition) is 7. The summed E-state index contributed by atoms with van der Waals surface area (Å²) in [5.41, 5.74) is 7.12. The second-order valence-electron chi connectivity index (χ2n) is 4.25. The minimum Gasteiger partial charge on any atom is -0.462 e. The molecule has 1 aliphatic rings. The van der Waals surface area contributed by atoms with E-state index in [2.05, 4.69) is 24.5 Å². The van der Waals surface area contributed by atoms with E-state index in [1.165, 1.54) is 0 Å². The van der Waals surface area contributed by atoms with Gasteiger partial charge in [0, 0.05) is 20.1 Å². The number of fused-ring (bicyclic) bond motifs is 1. The zero-order valence-electron chi connectivity index (χ0n) is 10.5. The average molecular weight is 282 g/mol. The van der Waals surface area contributed by atoms with E-state index in [4.69, 9.17) is 15.0 Å². The van der Waals surface area contributed by atoms with Gasteiger partial charge in [0.15, 0.2) is 16.9 Å². The highest BCUT2D eigenvalue weighted by Crippen LogP contribution is 2.29. The Hall–Kier alpha value is -1.66. The topological polar surface area (TPSA) is 91.3 Å². The SMILES string of the molecule is Cn1nc2c(N)nc(N3CCOCC3)nc2c1OP. The maximum Gasteiger partial charge on any atom is 0.241 e. The summed E-state index contributed by atoms with van der Waals surface area (Å²) < 4.78 is 12.1. The molecule has 2 aromatic rings. The summed E-state index contributed by atoms with van der Waals surface area (Å²) in [6, 6.07) is 0. The summed E-state index contributed by atoms with van der Waals surface area (Å²) in [5.74, 6) is 1.49. The van der Waals surface area contributed by atoms with E-state index < -0.39 is 0 Å². The van der Waals surface area contributed by atoms with Crippen LogP contribution in [-0.2, 0) is 11.8 Å². The third-order valence-corrected chi connectivity index (χ3v) is 3.27. The number of ether oxygens (including phenoxy) is 1. The highest BCUT2D eigenvalue weighted by molar-refractivity contribution is 7.10. The average Bonchev–Trinajstić information content (AvgIpc) is 2.76. The number of hydrogen-bond donors (Lipinski definition) is 1. The smallest absolute Gasteiger partial charge is 0.241 e. The van der Waals surface area contributed by atoms with Crippen LogP contribution in [0.15, 0.2) is 0 Å².